The maximum atomic E-state index is 13.1. The Bertz CT molecular complexity index is 1030. The van der Waals surface area contributed by atoms with Gasteiger partial charge >= 0.3 is 13.2 Å². The molecule has 176 valence electrons. The van der Waals surface area contributed by atoms with Gasteiger partial charge < -0.3 is 14.4 Å². The molecule has 33 heavy (non-hydrogen) atoms. The number of carbonyl (C=O) groups is 1. The first-order chi connectivity index (χ1) is 15.4. The lowest BCUT2D eigenvalue weighted by Crippen LogP contribution is -2.41. The van der Waals surface area contributed by atoms with Crippen LogP contribution in [-0.4, -0.2) is 50.9 Å². The maximum absolute atomic E-state index is 13.1. The molecule has 1 atom stereocenters. The van der Waals surface area contributed by atoms with Crippen molar-refractivity contribution in [2.75, 3.05) is 6.54 Å². The Morgan fingerprint density at radius 2 is 1.64 bits per heavy atom. The monoisotopic (exact) mass is 459 g/mol. The largest absolute Gasteiger partial charge is 0.496 e. The Kier molecular flexibility index (Phi) is 7.19. The number of pyridine rings is 2. The second-order valence-corrected chi connectivity index (χ2v) is 9.24. The number of aromatic nitrogens is 2. The van der Waals surface area contributed by atoms with Crippen molar-refractivity contribution in [2.45, 2.75) is 52.2 Å². The molecule has 0 bridgehead atoms. The van der Waals surface area contributed by atoms with E-state index in [0.29, 0.717) is 23.3 Å². The van der Waals surface area contributed by atoms with Crippen LogP contribution in [0.3, 0.4) is 0 Å². The molecule has 0 aromatic carbocycles. The molecule has 0 spiro atoms. The van der Waals surface area contributed by atoms with Crippen molar-refractivity contribution in [3.63, 3.8) is 0 Å². The molecular formula is C23H28BF2N3O4. The van der Waals surface area contributed by atoms with Crippen LogP contribution in [-0.2, 0) is 9.31 Å². The minimum atomic E-state index is -1.02. The van der Waals surface area contributed by atoms with Crippen LogP contribution >= 0.6 is 0 Å². The average Bonchev–Trinajstić information content (AvgIpc) is 2.95. The molecule has 0 unspecified atom stereocenters. The molecule has 2 aromatic heterocycles. The van der Waals surface area contributed by atoms with Gasteiger partial charge in [-0.15, -0.1) is 0 Å². The molecule has 2 aromatic rings. The molecule has 0 radical (unpaired) electrons. The van der Waals surface area contributed by atoms with Crippen molar-refractivity contribution < 1.29 is 28.0 Å². The summed E-state index contributed by atoms with van der Waals surface area (Å²) >= 11 is 0. The molecular weight excluding hydrogens is 431 g/mol. The van der Waals surface area contributed by atoms with Gasteiger partial charge in [0.1, 0.15) is 11.6 Å². The molecule has 1 amide bonds. The van der Waals surface area contributed by atoms with Crippen LogP contribution in [0.2, 0.25) is 0 Å². The van der Waals surface area contributed by atoms with Crippen LogP contribution < -0.4 is 5.46 Å². The van der Waals surface area contributed by atoms with Gasteiger partial charge in [0.2, 0.25) is 0 Å². The van der Waals surface area contributed by atoms with Gasteiger partial charge in [-0.2, -0.15) is 0 Å². The molecule has 1 fully saturated rings. The summed E-state index contributed by atoms with van der Waals surface area (Å²) in [5, 5.41) is 9.13. The molecule has 2 aliphatic rings. The molecule has 0 aliphatic carbocycles. The van der Waals surface area contributed by atoms with Crippen molar-refractivity contribution in [1.29, 1.82) is 0 Å². The van der Waals surface area contributed by atoms with Gasteiger partial charge in [-0.1, -0.05) is 13.0 Å². The van der Waals surface area contributed by atoms with Gasteiger partial charge in [-0.3, -0.25) is 14.9 Å². The highest BCUT2D eigenvalue weighted by atomic mass is 19.1. The first-order valence-electron chi connectivity index (χ1n) is 10.7. The molecule has 0 saturated carbocycles. The fourth-order valence-electron chi connectivity index (χ4n) is 3.45. The van der Waals surface area contributed by atoms with E-state index in [1.165, 1.54) is 23.2 Å². The van der Waals surface area contributed by atoms with Crippen LogP contribution in [0.4, 0.5) is 13.6 Å². The molecule has 1 saturated heterocycles. The third kappa shape index (κ3) is 5.75. The number of hydrogen-bond acceptors (Lipinski definition) is 5. The molecule has 1 N–H and O–H groups in total. The van der Waals surface area contributed by atoms with Crippen molar-refractivity contribution >= 4 is 24.4 Å². The van der Waals surface area contributed by atoms with Crippen LogP contribution in [0, 0.1) is 17.6 Å². The summed E-state index contributed by atoms with van der Waals surface area (Å²) in [6.07, 6.45) is 6.88. The number of allylic oxidation sites excluding steroid dienone is 1. The highest BCUT2D eigenvalue weighted by molar-refractivity contribution is 6.62. The first-order valence-corrected chi connectivity index (χ1v) is 10.7. The zero-order chi connectivity index (χ0) is 24.4. The summed E-state index contributed by atoms with van der Waals surface area (Å²) in [7, 11) is -0.548. The van der Waals surface area contributed by atoms with E-state index in [2.05, 4.69) is 9.97 Å². The Morgan fingerprint density at radius 1 is 1.06 bits per heavy atom. The number of amides is 1. The Labute approximate surface area is 192 Å². The van der Waals surface area contributed by atoms with Crippen LogP contribution in [0.25, 0.3) is 5.70 Å². The summed E-state index contributed by atoms with van der Waals surface area (Å²) in [5.41, 5.74) is 0.800. The number of nitrogens with zero attached hydrogens (tertiary/aromatic N) is 3. The van der Waals surface area contributed by atoms with Gasteiger partial charge in [0.05, 0.1) is 29.3 Å². The van der Waals surface area contributed by atoms with E-state index in [9.17, 15) is 13.6 Å². The van der Waals surface area contributed by atoms with Gasteiger partial charge in [0.15, 0.2) is 0 Å². The highest BCUT2D eigenvalue weighted by Gasteiger charge is 2.51. The van der Waals surface area contributed by atoms with E-state index in [1.807, 2.05) is 40.7 Å². The predicted molar refractivity (Wildman–Crippen MR) is 121 cm³/mol. The third-order valence-corrected chi connectivity index (χ3v) is 5.98. The Balaban J connectivity index is 0.000000186. The molecule has 7 nitrogen and oxygen atoms in total. The van der Waals surface area contributed by atoms with Crippen molar-refractivity contribution in [2.24, 2.45) is 5.92 Å². The van der Waals surface area contributed by atoms with Crippen molar-refractivity contribution in [1.82, 2.24) is 14.9 Å². The number of hydrogen-bond donors (Lipinski definition) is 1. The van der Waals surface area contributed by atoms with Crippen molar-refractivity contribution in [3.8, 4) is 0 Å². The predicted octanol–water partition coefficient (Wildman–Crippen LogP) is 4.10. The van der Waals surface area contributed by atoms with Crippen molar-refractivity contribution in [3.05, 3.63) is 60.2 Å². The average molecular weight is 459 g/mol. The first kappa shape index (κ1) is 24.8. The molecule has 4 heterocycles. The summed E-state index contributed by atoms with van der Waals surface area (Å²) in [6, 6.07) is 2.68. The second-order valence-electron chi connectivity index (χ2n) is 9.24. The number of carboxylic acid groups (broad SMARTS) is 1. The lowest BCUT2D eigenvalue weighted by molar-refractivity contribution is 0.00578. The normalized spacial score (nSPS) is 21.2. The summed E-state index contributed by atoms with van der Waals surface area (Å²) in [5.74, 6) is -0.573. The standard InChI is InChI=1S/C12H13FN2O2.C11H15BFNO2/c1-8-2-3-11(15(7-8)12(16)17)9-4-10(13)6-14-5-9;1-10(2)11(3,4)16-12(15-10)8-5-9(13)7-14-6-8/h3-6,8H,2,7H2,1H3,(H,16,17);5-7H,1-4H3/t8-;/m0./s1. The van der Waals surface area contributed by atoms with Gasteiger partial charge in [-0.25, -0.2) is 13.6 Å². The number of rotatable bonds is 2. The van der Waals surface area contributed by atoms with E-state index in [0.717, 1.165) is 18.8 Å². The molecule has 4 rings (SSSR count). The van der Waals surface area contributed by atoms with Crippen LogP contribution in [0.1, 0.15) is 46.6 Å². The SMILES string of the molecule is CC1(C)OB(c2cncc(F)c2)OC1(C)C.C[C@H]1CC=C(c2cncc(F)c2)N(C(=O)O)C1. The van der Waals surface area contributed by atoms with E-state index in [4.69, 9.17) is 14.4 Å². The van der Waals surface area contributed by atoms with E-state index in [1.54, 1.807) is 6.20 Å². The van der Waals surface area contributed by atoms with E-state index < -0.39 is 30.2 Å². The Morgan fingerprint density at radius 3 is 2.18 bits per heavy atom. The van der Waals surface area contributed by atoms with Gasteiger partial charge in [0.25, 0.3) is 0 Å². The third-order valence-electron chi connectivity index (χ3n) is 5.98. The summed E-state index contributed by atoms with van der Waals surface area (Å²) in [6.45, 7) is 10.2. The minimum absolute atomic E-state index is 0.274. The fourth-order valence-corrected chi connectivity index (χ4v) is 3.45. The second kappa shape index (κ2) is 9.57. The fraction of sp³-hybridized carbons (Fsp3) is 0.435. The smallest absolute Gasteiger partial charge is 0.465 e. The number of halogens is 2. The maximum Gasteiger partial charge on any atom is 0.496 e. The summed E-state index contributed by atoms with van der Waals surface area (Å²) < 4.78 is 37.7. The molecule has 2 aliphatic heterocycles. The minimum Gasteiger partial charge on any atom is -0.465 e. The highest BCUT2D eigenvalue weighted by Crippen LogP contribution is 2.36. The zero-order valence-corrected chi connectivity index (χ0v) is 19.4. The zero-order valence-electron chi connectivity index (χ0n) is 19.4. The summed E-state index contributed by atoms with van der Waals surface area (Å²) in [4.78, 5) is 19.9. The Hall–Kier alpha value is -2.85. The quantitative estimate of drug-likeness (QED) is 0.681. The van der Waals surface area contributed by atoms with Gasteiger partial charge in [0, 0.05) is 30.0 Å². The lowest BCUT2D eigenvalue weighted by Gasteiger charge is -2.32. The van der Waals surface area contributed by atoms with Crippen LogP contribution in [0.15, 0.2) is 43.0 Å². The lowest BCUT2D eigenvalue weighted by atomic mass is 9.80. The van der Waals surface area contributed by atoms with E-state index >= 15 is 0 Å². The van der Waals surface area contributed by atoms with Gasteiger partial charge in [-0.05, 0) is 52.2 Å². The topological polar surface area (TPSA) is 84.8 Å². The van der Waals surface area contributed by atoms with E-state index in [-0.39, 0.29) is 11.7 Å². The van der Waals surface area contributed by atoms with Crippen LogP contribution in [0.5, 0.6) is 0 Å². The molecule has 10 heteroatoms.